The molecule has 1 heterocycles. The van der Waals surface area contributed by atoms with E-state index in [0.717, 1.165) is 10.5 Å². The summed E-state index contributed by atoms with van der Waals surface area (Å²) >= 11 is 0. The van der Waals surface area contributed by atoms with Crippen molar-refractivity contribution >= 4 is 57.6 Å². The molecule has 0 spiro atoms. The lowest BCUT2D eigenvalue weighted by Crippen LogP contribution is -2.55. The number of nitrogens with one attached hydrogen (secondary N) is 4. The number of carbonyl (C=O) groups excluding carboxylic acids is 7. The van der Waals surface area contributed by atoms with Crippen LogP contribution < -0.4 is 26.4 Å². The van der Waals surface area contributed by atoms with E-state index in [1.54, 1.807) is 45.1 Å². The number of hydrogen-bond acceptors (Lipinski definition) is 12. The van der Waals surface area contributed by atoms with E-state index < -0.39 is 94.5 Å². The maximum Gasteiger partial charge on any atom is 0.471 e. The average molecular weight is 821 g/mol. The Morgan fingerprint density at radius 3 is 2.14 bits per heavy atom. The van der Waals surface area contributed by atoms with Gasteiger partial charge in [0.1, 0.15) is 24.2 Å². The molecular weight excluding hydrogens is 773 g/mol. The summed E-state index contributed by atoms with van der Waals surface area (Å²) in [5.74, 6) is -7.12. The van der Waals surface area contributed by atoms with Crippen molar-refractivity contribution in [2.45, 2.75) is 101 Å². The van der Waals surface area contributed by atoms with Crippen LogP contribution in [0.1, 0.15) is 71.3 Å². The number of halogens is 3. The lowest BCUT2D eigenvalue weighted by atomic mass is 10.0. The second-order valence-electron chi connectivity index (χ2n) is 13.5. The highest BCUT2D eigenvalue weighted by Gasteiger charge is 2.38. The number of ether oxygens (including phenoxy) is 1. The van der Waals surface area contributed by atoms with E-state index in [4.69, 9.17) is 15.3 Å². The van der Waals surface area contributed by atoms with Crippen LogP contribution in [0.4, 0.5) is 18.0 Å². The van der Waals surface area contributed by atoms with Crippen molar-refractivity contribution in [2.75, 3.05) is 26.7 Å². The van der Waals surface area contributed by atoms with Gasteiger partial charge in [0.15, 0.2) is 0 Å². The van der Waals surface area contributed by atoms with Gasteiger partial charge < -0.3 is 36.2 Å². The minimum absolute atomic E-state index is 0.00699. The van der Waals surface area contributed by atoms with Crippen molar-refractivity contribution in [2.24, 2.45) is 10.7 Å². The maximum atomic E-state index is 13.8. The zero-order chi connectivity index (χ0) is 42.4. The molecule has 312 valence electrons. The van der Waals surface area contributed by atoms with Gasteiger partial charge in [0.05, 0.1) is 4.90 Å². The number of aliphatic imine (C=N–C) groups is 1. The van der Waals surface area contributed by atoms with Crippen molar-refractivity contribution in [3.05, 3.63) is 29.8 Å². The highest BCUT2D eigenvalue weighted by molar-refractivity contribution is 7.90. The van der Waals surface area contributed by atoms with Crippen LogP contribution in [-0.4, -0.2) is 116 Å². The van der Waals surface area contributed by atoms with Gasteiger partial charge in [-0.25, -0.2) is 22.7 Å². The zero-order valence-corrected chi connectivity index (χ0v) is 32.3. The quantitative estimate of drug-likeness (QED) is 0.0592. The molecular formula is C33H47F3N8O11S. The number of alkyl carbamates (subject to hydrolysis) is 1. The van der Waals surface area contributed by atoms with Gasteiger partial charge in [0.25, 0.3) is 21.8 Å². The van der Waals surface area contributed by atoms with Crippen LogP contribution in [0.2, 0.25) is 0 Å². The summed E-state index contributed by atoms with van der Waals surface area (Å²) in [7, 11) is -2.88. The molecule has 0 unspecified atom stereocenters. The number of aryl methyl sites for hydroxylation is 1. The van der Waals surface area contributed by atoms with E-state index in [1.165, 1.54) is 19.2 Å². The third-order valence-electron chi connectivity index (χ3n) is 7.66. The van der Waals surface area contributed by atoms with Gasteiger partial charge in [-0.05, 0) is 71.9 Å². The van der Waals surface area contributed by atoms with Crippen molar-refractivity contribution in [1.82, 2.24) is 30.6 Å². The molecule has 0 aliphatic carbocycles. The largest absolute Gasteiger partial charge is 0.471 e. The molecule has 1 saturated heterocycles. The number of sulfonamides is 1. The summed E-state index contributed by atoms with van der Waals surface area (Å²) in [5, 5.41) is 6.64. The number of alkyl halides is 3. The molecule has 0 bridgehead atoms. The highest BCUT2D eigenvalue weighted by atomic mass is 32.2. The van der Waals surface area contributed by atoms with Crippen LogP contribution in [0.25, 0.3) is 0 Å². The van der Waals surface area contributed by atoms with Crippen LogP contribution in [0.3, 0.4) is 0 Å². The minimum Gasteiger partial charge on any atom is -0.444 e. The number of nitrogens with zero attached hydrogens (tertiary/aromatic N) is 3. The van der Waals surface area contributed by atoms with Crippen molar-refractivity contribution < 1.29 is 64.7 Å². The Hall–Kier alpha value is -5.48. The monoisotopic (exact) mass is 820 g/mol. The number of unbranched alkanes of at least 4 members (excludes halogenated alkanes) is 1. The van der Waals surface area contributed by atoms with E-state index in [2.05, 4.69) is 20.3 Å². The summed E-state index contributed by atoms with van der Waals surface area (Å²) in [6.45, 7) is 5.03. The molecule has 6 amide bonds. The third-order valence-corrected chi connectivity index (χ3v) is 9.03. The number of hydrogen-bond donors (Lipinski definition) is 5. The molecule has 1 fully saturated rings. The summed E-state index contributed by atoms with van der Waals surface area (Å²) in [4.78, 5) is 96.8. The molecule has 1 aliphatic rings. The number of amides is 6. The third kappa shape index (κ3) is 15.7. The van der Waals surface area contributed by atoms with Crippen LogP contribution in [0.15, 0.2) is 34.2 Å². The molecule has 1 aromatic rings. The van der Waals surface area contributed by atoms with E-state index in [1.807, 2.05) is 0 Å². The SMILES string of the molecule is Cc1ccc(S(=O)(=O)NC(N)=NCCC[C@@H](C(=O)NCC(=O)ON2C(=O)CCC2=O)N(C)C(=O)[C@@H](CCCCNC(=O)C(F)(F)F)NC(=O)OC(C)(C)C)cc1. The number of carbonyl (C=O) groups is 7. The van der Waals surface area contributed by atoms with Crippen molar-refractivity contribution in [3.8, 4) is 0 Å². The molecule has 1 aliphatic heterocycles. The second-order valence-corrected chi connectivity index (χ2v) is 15.2. The van der Waals surface area contributed by atoms with Crippen LogP contribution in [-0.2, 0) is 48.4 Å². The fourth-order valence-corrected chi connectivity index (χ4v) is 5.83. The molecule has 0 saturated carbocycles. The molecule has 56 heavy (non-hydrogen) atoms. The second kappa shape index (κ2) is 20.4. The topological polar surface area (TPSA) is 265 Å². The Balaban J connectivity index is 2.23. The van der Waals surface area contributed by atoms with Gasteiger partial charge >= 0.3 is 24.1 Å². The van der Waals surface area contributed by atoms with Gasteiger partial charge in [0.2, 0.25) is 17.8 Å². The highest BCUT2D eigenvalue weighted by Crippen LogP contribution is 2.16. The van der Waals surface area contributed by atoms with Gasteiger partial charge in [-0.1, -0.05) is 17.7 Å². The first kappa shape index (κ1) is 46.7. The van der Waals surface area contributed by atoms with E-state index >= 15 is 0 Å². The number of rotatable bonds is 18. The van der Waals surface area contributed by atoms with Crippen molar-refractivity contribution in [3.63, 3.8) is 0 Å². The molecule has 1 aromatic carbocycles. The molecule has 23 heteroatoms. The van der Waals surface area contributed by atoms with E-state index in [9.17, 15) is 55.2 Å². The lowest BCUT2D eigenvalue weighted by Gasteiger charge is -2.31. The summed E-state index contributed by atoms with van der Waals surface area (Å²) in [6.07, 6.45) is -6.85. The number of likely N-dealkylation sites (N-methyl/N-ethyl adjacent to an activating group) is 1. The average Bonchev–Trinajstić information content (AvgIpc) is 3.40. The fraction of sp³-hybridized carbons (Fsp3) is 0.576. The molecule has 6 N–H and O–H groups in total. The number of benzene rings is 1. The van der Waals surface area contributed by atoms with Crippen LogP contribution >= 0.6 is 0 Å². The number of nitrogens with two attached hydrogens (primary N) is 1. The Morgan fingerprint density at radius 2 is 1.57 bits per heavy atom. The molecule has 2 rings (SSSR count). The molecule has 0 radical (unpaired) electrons. The van der Waals surface area contributed by atoms with Crippen LogP contribution in [0, 0.1) is 6.92 Å². The summed E-state index contributed by atoms with van der Waals surface area (Å²) < 4.78 is 70.4. The zero-order valence-electron chi connectivity index (χ0n) is 31.5. The molecule has 2 atom stereocenters. The predicted octanol–water partition coefficient (Wildman–Crippen LogP) is 0.661. The van der Waals surface area contributed by atoms with Gasteiger partial charge in [-0.15, -0.1) is 5.06 Å². The molecule has 19 nitrogen and oxygen atoms in total. The number of hydroxylamine groups is 2. The van der Waals surface area contributed by atoms with Gasteiger partial charge in [-0.2, -0.15) is 13.2 Å². The fourth-order valence-electron chi connectivity index (χ4n) is 4.88. The number of imide groups is 1. The van der Waals surface area contributed by atoms with Gasteiger partial charge in [0, 0.05) is 33.0 Å². The minimum atomic E-state index is -5.10. The maximum absolute atomic E-state index is 13.8. The van der Waals surface area contributed by atoms with E-state index in [-0.39, 0.29) is 61.4 Å². The normalized spacial score (nSPS) is 14.7. The summed E-state index contributed by atoms with van der Waals surface area (Å²) in [5.41, 5.74) is 5.62. The number of guanidine groups is 1. The smallest absolute Gasteiger partial charge is 0.444 e. The first-order chi connectivity index (χ1) is 25.9. The Bertz CT molecular complexity index is 1730. The molecule has 0 aromatic heterocycles. The first-order valence-electron chi connectivity index (χ1n) is 17.3. The Morgan fingerprint density at radius 1 is 0.964 bits per heavy atom. The summed E-state index contributed by atoms with van der Waals surface area (Å²) in [6, 6.07) is 3.11. The Labute approximate surface area is 321 Å². The Kier molecular flexibility index (Phi) is 17.0. The lowest BCUT2D eigenvalue weighted by molar-refractivity contribution is -0.196. The van der Waals surface area contributed by atoms with Crippen molar-refractivity contribution in [1.29, 1.82) is 0 Å². The van der Waals surface area contributed by atoms with Crippen LogP contribution in [0.5, 0.6) is 0 Å². The van der Waals surface area contributed by atoms with E-state index in [0.29, 0.717) is 0 Å². The first-order valence-corrected chi connectivity index (χ1v) is 18.7. The van der Waals surface area contributed by atoms with Gasteiger partial charge in [-0.3, -0.25) is 29.0 Å². The standard InChI is InChI=1S/C33H47F3N8O11S/c1-20-11-13-21(14-12-20)56(52,53)42-30(37)39-18-8-10-23(27(48)40-19-26(47)55-44-24(45)15-16-25(44)46)43(5)28(49)22(41-31(51)54-32(2,3)4)9-6-7-17-38-29(50)33(34,35)36/h11-14,22-23H,6-10,15-19H2,1-5H3,(H,38,50)(H,40,48)(H,41,51)(H3,37,39,42)/t22-,23+/m1/s1. The predicted molar refractivity (Wildman–Crippen MR) is 190 cm³/mol.